The van der Waals surface area contributed by atoms with Gasteiger partial charge < -0.3 is 19.7 Å². The summed E-state index contributed by atoms with van der Waals surface area (Å²) in [4.78, 5) is 2.39. The normalized spacial score (nSPS) is 27.4. The molecule has 2 aliphatic heterocycles. The van der Waals surface area contributed by atoms with E-state index in [0.29, 0.717) is 43.8 Å². The molecule has 4 atom stereocenters. The summed E-state index contributed by atoms with van der Waals surface area (Å²) in [6, 6.07) is 2.10. The Kier molecular flexibility index (Phi) is 6.67. The van der Waals surface area contributed by atoms with Crippen molar-refractivity contribution in [2.45, 2.75) is 31.4 Å². The first-order valence-corrected chi connectivity index (χ1v) is 11.4. The van der Waals surface area contributed by atoms with E-state index in [2.05, 4.69) is 20.4 Å². The van der Waals surface area contributed by atoms with Crippen molar-refractivity contribution in [3.63, 3.8) is 0 Å². The number of benzene rings is 1. The third-order valence-corrected chi connectivity index (χ3v) is 6.83. The average Bonchev–Trinajstić information content (AvgIpc) is 3.34. The Morgan fingerprint density at radius 1 is 1.03 bits per heavy atom. The third kappa shape index (κ3) is 4.87. The van der Waals surface area contributed by atoms with Crippen molar-refractivity contribution >= 4 is 5.82 Å². The molecule has 11 heteroatoms. The van der Waals surface area contributed by atoms with E-state index in [1.807, 2.05) is 0 Å². The number of ether oxygens (including phenoxy) is 2. The van der Waals surface area contributed by atoms with Gasteiger partial charge in [-0.3, -0.25) is 0 Å². The highest BCUT2D eigenvalue weighted by molar-refractivity contribution is 5.65. The minimum absolute atomic E-state index is 0.0421. The van der Waals surface area contributed by atoms with Crippen LogP contribution in [0.25, 0.3) is 11.3 Å². The maximum atomic E-state index is 14.2. The highest BCUT2D eigenvalue weighted by atomic mass is 19.3. The van der Waals surface area contributed by atoms with Crippen LogP contribution in [0.4, 0.5) is 27.8 Å². The van der Waals surface area contributed by atoms with Crippen molar-refractivity contribution in [3.05, 3.63) is 41.2 Å². The van der Waals surface area contributed by atoms with E-state index < -0.39 is 40.7 Å². The topological polar surface area (TPSA) is 59.5 Å². The third-order valence-electron chi connectivity index (χ3n) is 6.83. The van der Waals surface area contributed by atoms with E-state index in [0.717, 1.165) is 38.5 Å². The maximum absolute atomic E-state index is 14.2. The molecule has 0 bridgehead atoms. The highest BCUT2D eigenvalue weighted by Crippen LogP contribution is 2.40. The van der Waals surface area contributed by atoms with Gasteiger partial charge in [-0.25, -0.2) is 22.0 Å². The number of anilines is 1. The molecular formula is C23H25F5N4O2. The van der Waals surface area contributed by atoms with E-state index in [9.17, 15) is 22.0 Å². The van der Waals surface area contributed by atoms with Crippen molar-refractivity contribution in [2.75, 3.05) is 44.8 Å². The number of fused-ring (bicyclic) bond motifs is 1. The number of rotatable bonds is 6. The molecule has 1 aliphatic carbocycles. The van der Waals surface area contributed by atoms with Gasteiger partial charge in [0.1, 0.15) is 17.3 Å². The van der Waals surface area contributed by atoms with Gasteiger partial charge in [0.25, 0.3) is 6.43 Å². The first-order chi connectivity index (χ1) is 16.4. The van der Waals surface area contributed by atoms with Gasteiger partial charge in [-0.1, -0.05) is 0 Å². The second-order valence-corrected chi connectivity index (χ2v) is 9.20. The van der Waals surface area contributed by atoms with Gasteiger partial charge in [0.2, 0.25) is 0 Å². The fourth-order valence-corrected chi connectivity index (χ4v) is 5.38. The molecule has 2 saturated heterocycles. The van der Waals surface area contributed by atoms with Crippen molar-refractivity contribution in [3.8, 4) is 11.3 Å². The van der Waals surface area contributed by atoms with Crippen LogP contribution < -0.4 is 5.32 Å². The van der Waals surface area contributed by atoms with Crippen LogP contribution in [0.2, 0.25) is 0 Å². The zero-order valence-electron chi connectivity index (χ0n) is 18.3. The largest absolute Gasteiger partial charge is 0.376 e. The number of halogens is 5. The van der Waals surface area contributed by atoms with Crippen LogP contribution in [-0.4, -0.2) is 66.7 Å². The molecule has 3 heterocycles. The van der Waals surface area contributed by atoms with Gasteiger partial charge in [0.15, 0.2) is 11.6 Å². The zero-order valence-corrected chi connectivity index (χ0v) is 18.3. The quantitative estimate of drug-likeness (QED) is 0.494. The molecule has 6 nitrogen and oxygen atoms in total. The van der Waals surface area contributed by atoms with E-state index in [1.165, 1.54) is 0 Å². The summed E-state index contributed by atoms with van der Waals surface area (Å²) in [5.74, 6) is -2.93. The summed E-state index contributed by atoms with van der Waals surface area (Å²) >= 11 is 0. The molecule has 1 saturated carbocycles. The summed E-state index contributed by atoms with van der Waals surface area (Å²) in [6.45, 7) is 4.61. The van der Waals surface area contributed by atoms with E-state index >= 15 is 0 Å². The van der Waals surface area contributed by atoms with Crippen molar-refractivity contribution in [2.24, 2.45) is 11.8 Å². The molecule has 1 aromatic heterocycles. The summed E-state index contributed by atoms with van der Waals surface area (Å²) in [7, 11) is 0. The van der Waals surface area contributed by atoms with Crippen LogP contribution >= 0.6 is 0 Å². The molecule has 184 valence electrons. The number of nitrogens with one attached hydrogen (secondary N) is 1. The minimum Gasteiger partial charge on any atom is -0.376 e. The van der Waals surface area contributed by atoms with E-state index in [-0.39, 0.29) is 18.0 Å². The molecule has 5 rings (SSSR count). The SMILES string of the molecule is Fc1cc(F)c(F)c(-c2nnc(N[C@H]3C[C@@H]4CN(CC5COCCO5)C[C@@H]4C3)cc2C(F)F)c1. The highest BCUT2D eigenvalue weighted by Gasteiger charge is 2.41. The van der Waals surface area contributed by atoms with Crippen LogP contribution in [0.15, 0.2) is 18.2 Å². The van der Waals surface area contributed by atoms with Gasteiger partial charge in [-0.05, 0) is 36.8 Å². The van der Waals surface area contributed by atoms with Crippen LogP contribution in [0, 0.1) is 29.3 Å². The number of aromatic nitrogens is 2. The molecule has 3 fully saturated rings. The zero-order chi connectivity index (χ0) is 23.8. The van der Waals surface area contributed by atoms with Crippen LogP contribution in [0.1, 0.15) is 24.8 Å². The Hall–Kier alpha value is -2.37. The van der Waals surface area contributed by atoms with Crippen LogP contribution in [0.5, 0.6) is 0 Å². The standard InChI is InChI=1S/C23H25F5N4O2/c24-14-5-17(21(26)19(25)6-14)22-18(23(27)28)7-20(30-31-22)29-15-3-12-8-32(9-13(12)4-15)10-16-11-33-1-2-34-16/h5-7,12-13,15-16,23H,1-4,8-11H2,(H,29,30)/t12-,13+,15+,16?. The second-order valence-electron chi connectivity index (χ2n) is 9.20. The summed E-state index contributed by atoms with van der Waals surface area (Å²) in [5, 5.41) is 10.8. The minimum atomic E-state index is -3.03. The van der Waals surface area contributed by atoms with E-state index in [1.54, 1.807) is 0 Å². The monoisotopic (exact) mass is 484 g/mol. The lowest BCUT2D eigenvalue weighted by Gasteiger charge is -2.28. The fourth-order valence-electron chi connectivity index (χ4n) is 5.38. The average molecular weight is 484 g/mol. The lowest BCUT2D eigenvalue weighted by molar-refractivity contribution is -0.0964. The molecule has 0 spiro atoms. The lowest BCUT2D eigenvalue weighted by Crippen LogP contribution is -2.39. The second kappa shape index (κ2) is 9.71. The van der Waals surface area contributed by atoms with Gasteiger partial charge in [0, 0.05) is 42.9 Å². The molecule has 34 heavy (non-hydrogen) atoms. The molecular weight excluding hydrogens is 459 g/mol. The summed E-state index contributed by atoms with van der Waals surface area (Å²) in [5.41, 5.74) is -1.90. The Balaban J connectivity index is 1.24. The maximum Gasteiger partial charge on any atom is 0.266 e. The Morgan fingerprint density at radius 2 is 1.79 bits per heavy atom. The number of hydrogen-bond acceptors (Lipinski definition) is 6. The molecule has 1 aromatic carbocycles. The summed E-state index contributed by atoms with van der Waals surface area (Å²) in [6.07, 6.45) is -1.21. The molecule has 1 N–H and O–H groups in total. The number of alkyl halides is 2. The fraction of sp³-hybridized carbons (Fsp3) is 0.565. The smallest absolute Gasteiger partial charge is 0.266 e. The number of hydrogen-bond donors (Lipinski definition) is 1. The Bertz CT molecular complexity index is 1020. The number of nitrogens with zero attached hydrogens (tertiary/aromatic N) is 3. The van der Waals surface area contributed by atoms with E-state index in [4.69, 9.17) is 9.47 Å². The predicted molar refractivity (Wildman–Crippen MR) is 113 cm³/mol. The Morgan fingerprint density at radius 3 is 2.47 bits per heavy atom. The molecule has 2 aromatic rings. The number of likely N-dealkylation sites (tertiary alicyclic amines) is 1. The van der Waals surface area contributed by atoms with Crippen molar-refractivity contribution in [1.82, 2.24) is 15.1 Å². The predicted octanol–water partition coefficient (Wildman–Crippen LogP) is 4.04. The Labute approximate surface area is 193 Å². The lowest BCUT2D eigenvalue weighted by atomic mass is 10.0. The summed E-state index contributed by atoms with van der Waals surface area (Å²) < 4.78 is 80.0. The van der Waals surface area contributed by atoms with Crippen molar-refractivity contribution < 1.29 is 31.4 Å². The van der Waals surface area contributed by atoms with Crippen LogP contribution in [-0.2, 0) is 9.47 Å². The van der Waals surface area contributed by atoms with Gasteiger partial charge in [0.05, 0.1) is 25.9 Å². The van der Waals surface area contributed by atoms with Gasteiger partial charge in [-0.15, -0.1) is 10.2 Å². The van der Waals surface area contributed by atoms with Gasteiger partial charge in [-0.2, -0.15) is 0 Å². The molecule has 0 amide bonds. The van der Waals surface area contributed by atoms with Crippen molar-refractivity contribution in [1.29, 1.82) is 0 Å². The molecule has 0 radical (unpaired) electrons. The first-order valence-electron chi connectivity index (χ1n) is 11.4. The van der Waals surface area contributed by atoms with Crippen LogP contribution in [0.3, 0.4) is 0 Å². The molecule has 3 aliphatic rings. The molecule has 1 unspecified atom stereocenters. The van der Waals surface area contributed by atoms with Gasteiger partial charge >= 0.3 is 0 Å². The first kappa shape index (κ1) is 23.4.